The van der Waals surface area contributed by atoms with Crippen LogP contribution in [0.2, 0.25) is 0 Å². The summed E-state index contributed by atoms with van der Waals surface area (Å²) in [5.41, 5.74) is -1.30. The van der Waals surface area contributed by atoms with Gasteiger partial charge in [-0.25, -0.2) is 0 Å². The number of allylic oxidation sites excluding steroid dienone is 1. The van der Waals surface area contributed by atoms with Crippen LogP contribution in [0.4, 0.5) is 0 Å². The van der Waals surface area contributed by atoms with Crippen molar-refractivity contribution >= 4 is 23.5 Å². The second-order valence-electron chi connectivity index (χ2n) is 11.7. The van der Waals surface area contributed by atoms with E-state index in [4.69, 9.17) is 9.47 Å². The Morgan fingerprint density at radius 1 is 1.11 bits per heavy atom. The van der Waals surface area contributed by atoms with Gasteiger partial charge in [0.1, 0.15) is 0 Å². The molecular formula is C28H40O7. The van der Waals surface area contributed by atoms with Gasteiger partial charge in [-0.1, -0.05) is 40.2 Å². The van der Waals surface area contributed by atoms with Crippen molar-refractivity contribution in [2.24, 2.45) is 34.5 Å². The van der Waals surface area contributed by atoms with Gasteiger partial charge >= 0.3 is 11.9 Å². The Morgan fingerprint density at radius 2 is 1.80 bits per heavy atom. The third kappa shape index (κ3) is 3.89. The number of carbonyl (C=O) groups excluding carboxylic acids is 4. The second-order valence-corrected chi connectivity index (χ2v) is 11.7. The van der Waals surface area contributed by atoms with E-state index in [2.05, 4.69) is 13.8 Å². The molecule has 4 aliphatic carbocycles. The smallest absolute Gasteiger partial charge is 0.306 e. The highest BCUT2D eigenvalue weighted by molar-refractivity contribution is 5.93. The molecule has 0 heterocycles. The maximum absolute atomic E-state index is 13.7. The fourth-order valence-corrected chi connectivity index (χ4v) is 8.42. The topological polar surface area (TPSA) is 107 Å². The fourth-order valence-electron chi connectivity index (χ4n) is 8.42. The Bertz CT molecular complexity index is 953. The summed E-state index contributed by atoms with van der Waals surface area (Å²) in [5, 5.41) is 11.7. The van der Waals surface area contributed by atoms with E-state index in [0.717, 1.165) is 18.4 Å². The molecule has 0 saturated heterocycles. The zero-order valence-corrected chi connectivity index (χ0v) is 21.7. The van der Waals surface area contributed by atoms with Crippen molar-refractivity contribution in [1.82, 2.24) is 0 Å². The zero-order chi connectivity index (χ0) is 25.8. The summed E-state index contributed by atoms with van der Waals surface area (Å²) in [6, 6.07) is 0. The molecule has 1 N–H and O–H groups in total. The quantitative estimate of drug-likeness (QED) is 0.564. The van der Waals surface area contributed by atoms with Crippen molar-refractivity contribution in [1.29, 1.82) is 0 Å². The van der Waals surface area contributed by atoms with Crippen molar-refractivity contribution < 1.29 is 33.8 Å². The summed E-state index contributed by atoms with van der Waals surface area (Å²) in [7, 11) is 0. The Balaban J connectivity index is 1.73. The molecule has 0 aromatic rings. The van der Waals surface area contributed by atoms with E-state index in [-0.39, 0.29) is 47.7 Å². The Labute approximate surface area is 208 Å². The van der Waals surface area contributed by atoms with Gasteiger partial charge in [-0.15, -0.1) is 0 Å². The number of hydrogen-bond acceptors (Lipinski definition) is 7. The average molecular weight is 489 g/mol. The van der Waals surface area contributed by atoms with Gasteiger partial charge in [0, 0.05) is 24.7 Å². The molecule has 0 spiro atoms. The standard InChI is InChI=1S/C28H40O7/c1-6-23(32)34-15-22(31)28(35-24(33)7-2)11-9-19-18-12-16(3)20-13-17(29)8-10-26(20,4)25(18)21(30)14-27(19,28)5/h13,16,18-19,21,25,30H,6-12,14-15H2,1-5H3/t16-,18-,19-,21-,25+,26-,27-,28-/m0/s1. The van der Waals surface area contributed by atoms with Crippen LogP contribution in [0.25, 0.3) is 0 Å². The number of carbonyl (C=O) groups is 4. The third-order valence-electron chi connectivity index (χ3n) is 10.0. The van der Waals surface area contributed by atoms with E-state index in [1.54, 1.807) is 13.8 Å². The Morgan fingerprint density at radius 3 is 2.46 bits per heavy atom. The molecule has 0 unspecified atom stereocenters. The lowest BCUT2D eigenvalue weighted by molar-refractivity contribution is -0.204. The van der Waals surface area contributed by atoms with Crippen LogP contribution in [0.5, 0.6) is 0 Å². The van der Waals surface area contributed by atoms with Gasteiger partial charge in [-0.05, 0) is 67.3 Å². The first kappa shape index (κ1) is 26.1. The maximum Gasteiger partial charge on any atom is 0.306 e. The molecule has 4 aliphatic rings. The highest BCUT2D eigenvalue weighted by Crippen LogP contribution is 2.69. The van der Waals surface area contributed by atoms with Gasteiger partial charge in [0.25, 0.3) is 0 Å². The van der Waals surface area contributed by atoms with Crippen molar-refractivity contribution in [3.8, 4) is 0 Å². The van der Waals surface area contributed by atoms with Crippen LogP contribution < -0.4 is 0 Å². The number of esters is 2. The monoisotopic (exact) mass is 488 g/mol. The van der Waals surface area contributed by atoms with Crippen LogP contribution >= 0.6 is 0 Å². The summed E-state index contributed by atoms with van der Waals surface area (Å²) in [5.74, 6) is -0.756. The molecule has 7 heteroatoms. The van der Waals surface area contributed by atoms with Gasteiger partial charge in [0.15, 0.2) is 18.0 Å². The van der Waals surface area contributed by atoms with Crippen LogP contribution in [0.3, 0.4) is 0 Å². The number of Topliss-reactive ketones (excluding diaryl/α,β-unsaturated/α-hetero) is 1. The first-order valence-electron chi connectivity index (χ1n) is 13.3. The predicted octanol–water partition coefficient (Wildman–Crippen LogP) is 3.95. The minimum atomic E-state index is -1.42. The van der Waals surface area contributed by atoms with Gasteiger partial charge in [-0.3, -0.25) is 19.2 Å². The average Bonchev–Trinajstić information content (AvgIpc) is 3.10. The van der Waals surface area contributed by atoms with Gasteiger partial charge in [0.05, 0.1) is 6.10 Å². The van der Waals surface area contributed by atoms with Crippen molar-refractivity contribution in [2.45, 2.75) is 97.7 Å². The van der Waals surface area contributed by atoms with Gasteiger partial charge in [-0.2, -0.15) is 0 Å². The number of rotatable bonds is 6. The Kier molecular flexibility index (Phi) is 6.80. The minimum Gasteiger partial charge on any atom is -0.457 e. The fraction of sp³-hybridized carbons (Fsp3) is 0.786. The van der Waals surface area contributed by atoms with Crippen LogP contribution in [-0.4, -0.2) is 46.9 Å². The van der Waals surface area contributed by atoms with Crippen LogP contribution in [0.1, 0.15) is 86.0 Å². The van der Waals surface area contributed by atoms with Gasteiger partial charge in [0.2, 0.25) is 5.78 Å². The van der Waals surface area contributed by atoms with E-state index in [9.17, 15) is 24.3 Å². The predicted molar refractivity (Wildman–Crippen MR) is 128 cm³/mol. The summed E-state index contributed by atoms with van der Waals surface area (Å²) >= 11 is 0. The first-order valence-corrected chi connectivity index (χ1v) is 13.3. The second kappa shape index (κ2) is 9.13. The summed E-state index contributed by atoms with van der Waals surface area (Å²) in [6.45, 7) is 9.26. The highest BCUT2D eigenvalue weighted by atomic mass is 16.6. The van der Waals surface area contributed by atoms with Crippen molar-refractivity contribution in [2.75, 3.05) is 6.61 Å². The Hall–Kier alpha value is -2.02. The molecule has 194 valence electrons. The van der Waals surface area contributed by atoms with Crippen LogP contribution in [0.15, 0.2) is 11.6 Å². The van der Waals surface area contributed by atoms with E-state index < -0.39 is 41.4 Å². The number of hydrogen-bond donors (Lipinski definition) is 1. The largest absolute Gasteiger partial charge is 0.457 e. The van der Waals surface area contributed by atoms with Crippen molar-refractivity contribution in [3.05, 3.63) is 11.6 Å². The van der Waals surface area contributed by atoms with E-state index in [0.29, 0.717) is 25.7 Å². The minimum absolute atomic E-state index is 0.0122. The molecule has 0 amide bonds. The number of aliphatic hydroxyl groups is 1. The van der Waals surface area contributed by atoms with Crippen LogP contribution in [0, 0.1) is 34.5 Å². The normalized spacial score (nSPS) is 42.3. The molecule has 0 bridgehead atoms. The SMILES string of the molecule is CCC(=O)OCC(=O)[C@@]1(OC(=O)CC)CC[C@H]2[C@@H]3C[C@H](C)C4=CC(=O)CC[C@]4(C)[C@H]3[C@@H](O)C[C@@]21C. The number of aliphatic hydroxyl groups excluding tert-OH is 1. The lowest BCUT2D eigenvalue weighted by atomic mass is 9.44. The molecule has 0 aromatic heterocycles. The lowest BCUT2D eigenvalue weighted by Gasteiger charge is -2.62. The first-order chi connectivity index (χ1) is 16.4. The van der Waals surface area contributed by atoms with E-state index >= 15 is 0 Å². The third-order valence-corrected chi connectivity index (χ3v) is 10.0. The molecular weight excluding hydrogens is 448 g/mol. The molecule has 4 rings (SSSR count). The number of fused-ring (bicyclic) bond motifs is 5. The van der Waals surface area contributed by atoms with Crippen molar-refractivity contribution in [3.63, 3.8) is 0 Å². The zero-order valence-electron chi connectivity index (χ0n) is 21.7. The molecule has 3 fully saturated rings. The molecule has 35 heavy (non-hydrogen) atoms. The number of ether oxygens (including phenoxy) is 2. The van der Waals surface area contributed by atoms with E-state index in [1.807, 2.05) is 13.0 Å². The molecule has 7 nitrogen and oxygen atoms in total. The summed E-state index contributed by atoms with van der Waals surface area (Å²) < 4.78 is 11.2. The number of ketones is 2. The van der Waals surface area contributed by atoms with Crippen LogP contribution in [-0.2, 0) is 28.7 Å². The summed E-state index contributed by atoms with van der Waals surface area (Å²) in [6.07, 6.45) is 4.86. The molecule has 3 saturated carbocycles. The molecule has 0 aromatic carbocycles. The van der Waals surface area contributed by atoms with E-state index in [1.165, 1.54) is 0 Å². The highest BCUT2D eigenvalue weighted by Gasteiger charge is 2.71. The van der Waals surface area contributed by atoms with Gasteiger partial charge < -0.3 is 14.6 Å². The molecule has 0 radical (unpaired) electrons. The summed E-state index contributed by atoms with van der Waals surface area (Å²) in [4.78, 5) is 50.3. The lowest BCUT2D eigenvalue weighted by Crippen LogP contribution is -2.63. The molecule has 0 aliphatic heterocycles. The maximum atomic E-state index is 13.7. The molecule has 8 atom stereocenters.